The van der Waals surface area contributed by atoms with Gasteiger partial charge in [-0.3, -0.25) is 4.90 Å². The minimum absolute atomic E-state index is 0.0144. The van der Waals surface area contributed by atoms with Gasteiger partial charge in [-0.2, -0.15) is 13.2 Å². The van der Waals surface area contributed by atoms with Gasteiger partial charge in [-0.25, -0.2) is 0 Å². The summed E-state index contributed by atoms with van der Waals surface area (Å²) in [6, 6.07) is 21.7. The number of benzene rings is 3. The van der Waals surface area contributed by atoms with Gasteiger partial charge >= 0.3 is 6.18 Å². The molecule has 2 saturated heterocycles. The van der Waals surface area contributed by atoms with Crippen LogP contribution in [0.25, 0.3) is 0 Å². The number of fused-ring (bicyclic) bond motifs is 6. The standard InChI is InChI=1S/C40H44F3N3O4S/c1-2-46(16-18-48-28-21-35(51-23-28)37-29-9-6-17-49-38(29)32-20-26(47)11-15-34(32)45-37)22-27-12-13-30-36(24-7-4-3-5-8-24)44-33-14-10-25(40(41,42)43)19-31(33)39(30)50-27/h3-5,7-8,10-11,14-15,19-21,23,27,29-30,36-39,44-45,47H,2,6,9,12-13,16-18,22H2,1H3/t27-,29+,30?,36+,37-,38+,39+/m1/s1. The lowest BCUT2D eigenvalue weighted by Crippen LogP contribution is -2.44. The zero-order valence-electron chi connectivity index (χ0n) is 28.6. The van der Waals surface area contributed by atoms with Gasteiger partial charge in [0, 0.05) is 64.3 Å². The Morgan fingerprint density at radius 3 is 2.47 bits per heavy atom. The molecule has 4 aromatic rings. The molecule has 1 unspecified atom stereocenters. The van der Waals surface area contributed by atoms with E-state index in [1.807, 2.05) is 30.3 Å². The zero-order valence-corrected chi connectivity index (χ0v) is 29.4. The van der Waals surface area contributed by atoms with Gasteiger partial charge in [0.2, 0.25) is 0 Å². The van der Waals surface area contributed by atoms with Crippen LogP contribution in [0.5, 0.6) is 11.5 Å². The molecule has 2 fully saturated rings. The number of alkyl halides is 3. The summed E-state index contributed by atoms with van der Waals surface area (Å²) in [5, 5.41) is 19.4. The van der Waals surface area contributed by atoms with E-state index in [1.165, 1.54) is 10.9 Å². The molecule has 7 nitrogen and oxygen atoms in total. The number of halogens is 3. The molecule has 0 saturated carbocycles. The van der Waals surface area contributed by atoms with E-state index in [0.29, 0.717) is 30.9 Å². The third kappa shape index (κ3) is 7.05. The highest BCUT2D eigenvalue weighted by atomic mass is 32.1. The zero-order chi connectivity index (χ0) is 35.1. The lowest BCUT2D eigenvalue weighted by atomic mass is 9.76. The van der Waals surface area contributed by atoms with Crippen LogP contribution in [0.1, 0.15) is 84.0 Å². The highest BCUT2D eigenvalue weighted by Gasteiger charge is 2.44. The summed E-state index contributed by atoms with van der Waals surface area (Å²) in [5.41, 5.74) is 3.77. The van der Waals surface area contributed by atoms with Gasteiger partial charge in [0.05, 0.1) is 36.0 Å². The summed E-state index contributed by atoms with van der Waals surface area (Å²) in [6.45, 7) is 5.54. The minimum atomic E-state index is -4.42. The van der Waals surface area contributed by atoms with Gasteiger partial charge < -0.3 is 30.0 Å². The molecule has 0 radical (unpaired) electrons. The Bertz CT molecular complexity index is 1820. The number of aromatic hydroxyl groups is 1. The number of rotatable bonds is 9. The number of thiophene rings is 1. The van der Waals surface area contributed by atoms with E-state index in [2.05, 4.69) is 46.0 Å². The first-order valence-electron chi connectivity index (χ1n) is 18.1. The summed E-state index contributed by atoms with van der Waals surface area (Å²) in [5.74, 6) is 1.37. The Labute approximate surface area is 300 Å². The summed E-state index contributed by atoms with van der Waals surface area (Å²) < 4.78 is 60.7. The van der Waals surface area contributed by atoms with E-state index < -0.39 is 17.8 Å². The predicted octanol–water partition coefficient (Wildman–Crippen LogP) is 9.51. The topological polar surface area (TPSA) is 75.2 Å². The Hall–Kier alpha value is -3.77. The van der Waals surface area contributed by atoms with E-state index in [-0.39, 0.29) is 41.9 Å². The van der Waals surface area contributed by atoms with Crippen LogP contribution in [0.15, 0.2) is 78.2 Å². The van der Waals surface area contributed by atoms with Crippen molar-refractivity contribution in [3.05, 3.63) is 105 Å². The molecule has 7 atom stereocenters. The van der Waals surface area contributed by atoms with Crippen molar-refractivity contribution in [2.24, 2.45) is 11.8 Å². The molecule has 0 spiro atoms. The minimum Gasteiger partial charge on any atom is -0.508 e. The number of nitrogens with one attached hydrogen (secondary N) is 2. The smallest absolute Gasteiger partial charge is 0.416 e. The first-order chi connectivity index (χ1) is 24.7. The van der Waals surface area contributed by atoms with Gasteiger partial charge in [0.25, 0.3) is 0 Å². The lowest BCUT2D eigenvalue weighted by Gasteiger charge is -2.46. The monoisotopic (exact) mass is 719 g/mol. The molecule has 270 valence electrons. The summed E-state index contributed by atoms with van der Waals surface area (Å²) >= 11 is 1.69. The molecule has 51 heavy (non-hydrogen) atoms. The van der Waals surface area contributed by atoms with Crippen LogP contribution in [0.2, 0.25) is 0 Å². The van der Waals surface area contributed by atoms with Gasteiger partial charge in [0.15, 0.2) is 0 Å². The Morgan fingerprint density at radius 1 is 0.902 bits per heavy atom. The molecule has 4 aliphatic heterocycles. The lowest BCUT2D eigenvalue weighted by molar-refractivity contribution is -0.138. The van der Waals surface area contributed by atoms with Crippen LogP contribution in [0.4, 0.5) is 24.5 Å². The largest absolute Gasteiger partial charge is 0.508 e. The number of likely N-dealkylation sites (N-methyl/N-ethyl adjacent to an activating group) is 1. The maximum atomic E-state index is 13.8. The van der Waals surface area contributed by atoms with Crippen molar-refractivity contribution in [1.29, 1.82) is 0 Å². The molecule has 5 heterocycles. The number of anilines is 2. The van der Waals surface area contributed by atoms with Crippen molar-refractivity contribution >= 4 is 22.7 Å². The number of phenols is 1. The average molecular weight is 720 g/mol. The molecule has 3 aromatic carbocycles. The molecule has 8 rings (SSSR count). The molecule has 0 amide bonds. The SMILES string of the molecule is CCN(CCOc1csc([C@@H]2Nc3ccc(O)cc3[C@H]3OCCC[C@H]32)c1)C[C@H]1CCC2[C@H](O1)c1cc(C(F)(F)F)ccc1N[C@H]2c1ccccc1. The number of ether oxygens (including phenoxy) is 3. The second-order valence-electron chi connectivity index (χ2n) is 14.2. The van der Waals surface area contributed by atoms with Crippen LogP contribution in [-0.4, -0.2) is 49.0 Å². The molecule has 1 aromatic heterocycles. The second-order valence-corrected chi connectivity index (χ2v) is 15.1. The van der Waals surface area contributed by atoms with E-state index in [1.54, 1.807) is 23.5 Å². The fraction of sp³-hybridized carbons (Fsp3) is 0.450. The number of hydrogen-bond donors (Lipinski definition) is 3. The number of nitrogens with zero attached hydrogens (tertiary/aromatic N) is 1. The van der Waals surface area contributed by atoms with Crippen LogP contribution in [0, 0.1) is 11.8 Å². The third-order valence-corrected chi connectivity index (χ3v) is 12.1. The van der Waals surface area contributed by atoms with Gasteiger partial charge in [-0.05, 0) is 80.3 Å². The summed E-state index contributed by atoms with van der Waals surface area (Å²) in [7, 11) is 0. The van der Waals surface area contributed by atoms with Crippen LogP contribution < -0.4 is 15.4 Å². The van der Waals surface area contributed by atoms with Crippen molar-refractivity contribution in [2.75, 3.05) is 43.5 Å². The molecule has 4 aliphatic rings. The highest BCUT2D eigenvalue weighted by Crippen LogP contribution is 2.53. The quantitative estimate of drug-likeness (QED) is 0.149. The van der Waals surface area contributed by atoms with Crippen molar-refractivity contribution in [1.82, 2.24) is 4.90 Å². The summed E-state index contributed by atoms with van der Waals surface area (Å²) in [6.07, 6.45) is -1.30. The Kier molecular flexibility index (Phi) is 9.65. The van der Waals surface area contributed by atoms with Gasteiger partial charge in [0.1, 0.15) is 18.1 Å². The maximum absolute atomic E-state index is 13.8. The predicted molar refractivity (Wildman–Crippen MR) is 192 cm³/mol. The van der Waals surface area contributed by atoms with E-state index in [9.17, 15) is 18.3 Å². The average Bonchev–Trinajstić information content (AvgIpc) is 3.62. The van der Waals surface area contributed by atoms with Crippen molar-refractivity contribution in [3.63, 3.8) is 0 Å². The molecule has 3 N–H and O–H groups in total. The van der Waals surface area contributed by atoms with Crippen molar-refractivity contribution in [2.45, 2.75) is 69.2 Å². The van der Waals surface area contributed by atoms with Crippen molar-refractivity contribution < 1.29 is 32.5 Å². The van der Waals surface area contributed by atoms with Gasteiger partial charge in [-0.1, -0.05) is 37.3 Å². The molecule has 11 heteroatoms. The molecular formula is C40H44F3N3O4S. The Balaban J connectivity index is 0.915. The van der Waals surface area contributed by atoms with E-state index >= 15 is 0 Å². The number of hydrogen-bond acceptors (Lipinski definition) is 8. The highest BCUT2D eigenvalue weighted by molar-refractivity contribution is 7.10. The van der Waals surface area contributed by atoms with Crippen LogP contribution in [0.3, 0.4) is 0 Å². The van der Waals surface area contributed by atoms with E-state index in [0.717, 1.165) is 67.5 Å². The Morgan fingerprint density at radius 2 is 1.67 bits per heavy atom. The normalized spacial score (nSPS) is 27.0. The fourth-order valence-corrected chi connectivity index (χ4v) is 9.48. The fourth-order valence-electron chi connectivity index (χ4n) is 8.53. The number of phenolic OH excluding ortho intramolecular Hbond substituents is 1. The van der Waals surface area contributed by atoms with E-state index in [4.69, 9.17) is 14.2 Å². The second kappa shape index (κ2) is 14.3. The van der Waals surface area contributed by atoms with Gasteiger partial charge in [-0.15, -0.1) is 11.3 Å². The van der Waals surface area contributed by atoms with Crippen LogP contribution in [-0.2, 0) is 15.7 Å². The first kappa shape index (κ1) is 34.3. The maximum Gasteiger partial charge on any atom is 0.416 e. The third-order valence-electron chi connectivity index (χ3n) is 11.1. The molecule has 0 bridgehead atoms. The summed E-state index contributed by atoms with van der Waals surface area (Å²) in [4.78, 5) is 3.51. The first-order valence-corrected chi connectivity index (χ1v) is 19.0. The molecule has 0 aliphatic carbocycles. The molecular weight excluding hydrogens is 676 g/mol. The van der Waals surface area contributed by atoms with Crippen LogP contribution >= 0.6 is 11.3 Å². The van der Waals surface area contributed by atoms with Crippen molar-refractivity contribution in [3.8, 4) is 11.5 Å².